The minimum atomic E-state index is -0.523. The first-order valence-electron chi connectivity index (χ1n) is 6.20. The Morgan fingerprint density at radius 2 is 2.00 bits per heavy atom. The molecule has 0 aliphatic rings. The molecule has 104 valence electrons. The van der Waals surface area contributed by atoms with Gasteiger partial charge >= 0.3 is 5.97 Å². The van der Waals surface area contributed by atoms with E-state index in [9.17, 15) is 9.59 Å². The molecule has 1 aromatic carbocycles. The van der Waals surface area contributed by atoms with Gasteiger partial charge in [-0.25, -0.2) is 4.79 Å². The molecule has 1 amide bonds. The fraction of sp³-hybridized carbons (Fsp3) is 0.429. The van der Waals surface area contributed by atoms with Crippen molar-refractivity contribution in [1.29, 1.82) is 0 Å². The van der Waals surface area contributed by atoms with Crippen molar-refractivity contribution >= 4 is 17.6 Å². The molecule has 0 bridgehead atoms. The van der Waals surface area contributed by atoms with E-state index in [0.29, 0.717) is 22.4 Å². The van der Waals surface area contributed by atoms with Gasteiger partial charge in [-0.15, -0.1) is 0 Å². The van der Waals surface area contributed by atoms with E-state index < -0.39 is 11.9 Å². The second-order valence-corrected chi connectivity index (χ2v) is 4.52. The fourth-order valence-electron chi connectivity index (χ4n) is 1.73. The lowest BCUT2D eigenvalue weighted by molar-refractivity contribution is 0.0599. The van der Waals surface area contributed by atoms with Gasteiger partial charge in [0.2, 0.25) is 0 Å². The lowest BCUT2D eigenvalue weighted by Gasteiger charge is -2.17. The van der Waals surface area contributed by atoms with Crippen LogP contribution in [0.2, 0.25) is 0 Å². The van der Waals surface area contributed by atoms with Gasteiger partial charge in [-0.05, 0) is 38.0 Å². The highest BCUT2D eigenvalue weighted by Gasteiger charge is 2.17. The first-order chi connectivity index (χ1) is 8.90. The van der Waals surface area contributed by atoms with Crippen LogP contribution < -0.4 is 11.1 Å². The number of amides is 1. The van der Waals surface area contributed by atoms with E-state index in [0.717, 1.165) is 6.42 Å². The average molecular weight is 264 g/mol. The van der Waals surface area contributed by atoms with Crippen molar-refractivity contribution in [2.24, 2.45) is 5.73 Å². The predicted molar refractivity (Wildman–Crippen MR) is 74.4 cm³/mol. The molecule has 0 aliphatic heterocycles. The Labute approximate surface area is 113 Å². The molecule has 0 saturated carbocycles. The molecular formula is C14H20N2O3. The van der Waals surface area contributed by atoms with Crippen molar-refractivity contribution in [3.8, 4) is 0 Å². The monoisotopic (exact) mass is 264 g/mol. The lowest BCUT2D eigenvalue weighted by Crippen LogP contribution is -2.20. The van der Waals surface area contributed by atoms with Crippen LogP contribution in [-0.2, 0) is 4.74 Å². The van der Waals surface area contributed by atoms with Crippen molar-refractivity contribution in [2.45, 2.75) is 33.2 Å². The predicted octanol–water partition coefficient (Wildman–Crippen LogP) is 2.09. The maximum Gasteiger partial charge on any atom is 0.338 e. The van der Waals surface area contributed by atoms with Crippen molar-refractivity contribution in [3.05, 3.63) is 28.8 Å². The zero-order valence-electron chi connectivity index (χ0n) is 11.7. The molecule has 0 radical (unpaired) electrons. The number of benzene rings is 1. The normalized spacial score (nSPS) is 11.8. The van der Waals surface area contributed by atoms with Crippen LogP contribution in [-0.4, -0.2) is 25.0 Å². The minimum absolute atomic E-state index is 0.173. The number of rotatable bonds is 5. The molecule has 19 heavy (non-hydrogen) atoms. The van der Waals surface area contributed by atoms with E-state index in [-0.39, 0.29) is 6.04 Å². The summed E-state index contributed by atoms with van der Waals surface area (Å²) in [5, 5.41) is 3.18. The molecule has 0 spiro atoms. The second-order valence-electron chi connectivity index (χ2n) is 4.52. The number of hydrogen-bond acceptors (Lipinski definition) is 4. The zero-order valence-corrected chi connectivity index (χ0v) is 11.7. The van der Waals surface area contributed by atoms with Crippen LogP contribution in [0.4, 0.5) is 5.69 Å². The Bertz CT molecular complexity index is 498. The van der Waals surface area contributed by atoms with Crippen molar-refractivity contribution in [1.82, 2.24) is 0 Å². The number of carbonyl (C=O) groups is 2. The van der Waals surface area contributed by atoms with Gasteiger partial charge in [0.05, 0.1) is 18.2 Å². The highest BCUT2D eigenvalue weighted by molar-refractivity contribution is 6.01. The van der Waals surface area contributed by atoms with Crippen molar-refractivity contribution in [2.75, 3.05) is 12.4 Å². The molecule has 5 heteroatoms. The topological polar surface area (TPSA) is 81.4 Å². The number of ether oxygens (including phenoxy) is 1. The third kappa shape index (κ3) is 3.47. The van der Waals surface area contributed by atoms with E-state index in [1.165, 1.54) is 7.11 Å². The Kier molecular flexibility index (Phi) is 4.92. The molecule has 3 N–H and O–H groups in total. The van der Waals surface area contributed by atoms with Crippen molar-refractivity contribution < 1.29 is 14.3 Å². The molecule has 1 atom stereocenters. The molecular weight excluding hydrogens is 244 g/mol. The average Bonchev–Trinajstić information content (AvgIpc) is 2.38. The number of methoxy groups -OCH3 is 1. The number of nitrogens with two attached hydrogens (primary N) is 1. The van der Waals surface area contributed by atoms with Gasteiger partial charge in [0, 0.05) is 11.7 Å². The Hall–Kier alpha value is -2.04. The Balaban J connectivity index is 3.31. The molecule has 0 fully saturated rings. The second kappa shape index (κ2) is 6.22. The summed E-state index contributed by atoms with van der Waals surface area (Å²) in [6.45, 7) is 5.76. The van der Waals surface area contributed by atoms with Gasteiger partial charge < -0.3 is 15.8 Å². The SMILES string of the molecule is CC[C@@H](C)Nc1cc(C(=O)OC)c(C)cc1C(N)=O. The summed E-state index contributed by atoms with van der Waals surface area (Å²) in [5.74, 6) is -0.953. The highest BCUT2D eigenvalue weighted by Crippen LogP contribution is 2.23. The lowest BCUT2D eigenvalue weighted by atomic mass is 10.0. The maximum absolute atomic E-state index is 11.7. The van der Waals surface area contributed by atoms with Gasteiger partial charge in [0.15, 0.2) is 0 Å². The van der Waals surface area contributed by atoms with Gasteiger partial charge in [-0.1, -0.05) is 6.92 Å². The zero-order chi connectivity index (χ0) is 14.6. The summed E-state index contributed by atoms with van der Waals surface area (Å²) in [4.78, 5) is 23.1. The smallest absolute Gasteiger partial charge is 0.338 e. The Morgan fingerprint density at radius 3 is 2.47 bits per heavy atom. The standard InChI is InChI=1S/C14H20N2O3/c1-5-9(3)16-12-7-10(14(18)19-4)8(2)6-11(12)13(15)17/h6-7,9,16H,5H2,1-4H3,(H2,15,17)/t9-/m1/s1. The van der Waals surface area contributed by atoms with Crippen LogP contribution in [0.25, 0.3) is 0 Å². The van der Waals surface area contributed by atoms with E-state index >= 15 is 0 Å². The molecule has 0 aliphatic carbocycles. The van der Waals surface area contributed by atoms with Gasteiger partial charge in [0.1, 0.15) is 0 Å². The molecule has 0 saturated heterocycles. The molecule has 1 aromatic rings. The van der Waals surface area contributed by atoms with Gasteiger partial charge in [-0.2, -0.15) is 0 Å². The summed E-state index contributed by atoms with van der Waals surface area (Å²) < 4.78 is 4.72. The quantitative estimate of drug-likeness (QED) is 0.798. The highest BCUT2D eigenvalue weighted by atomic mass is 16.5. The number of anilines is 1. The van der Waals surface area contributed by atoms with Crippen LogP contribution in [0.15, 0.2) is 12.1 Å². The Morgan fingerprint density at radius 1 is 1.37 bits per heavy atom. The van der Waals surface area contributed by atoms with E-state index in [1.807, 2.05) is 13.8 Å². The number of nitrogens with one attached hydrogen (secondary N) is 1. The van der Waals surface area contributed by atoms with Crippen LogP contribution in [0.5, 0.6) is 0 Å². The number of carbonyl (C=O) groups excluding carboxylic acids is 2. The molecule has 0 heterocycles. The van der Waals surface area contributed by atoms with Crippen LogP contribution in [0, 0.1) is 6.92 Å². The van der Waals surface area contributed by atoms with Crippen molar-refractivity contribution in [3.63, 3.8) is 0 Å². The number of aryl methyl sites for hydroxylation is 1. The number of esters is 1. The number of hydrogen-bond donors (Lipinski definition) is 2. The summed E-state index contributed by atoms with van der Waals surface area (Å²) >= 11 is 0. The van der Waals surface area contributed by atoms with Crippen LogP contribution in [0.1, 0.15) is 46.5 Å². The van der Waals surface area contributed by atoms with E-state index in [4.69, 9.17) is 10.5 Å². The minimum Gasteiger partial charge on any atom is -0.465 e. The van der Waals surface area contributed by atoms with Crippen LogP contribution in [0.3, 0.4) is 0 Å². The first-order valence-corrected chi connectivity index (χ1v) is 6.20. The fourth-order valence-corrected chi connectivity index (χ4v) is 1.73. The molecule has 1 rings (SSSR count). The largest absolute Gasteiger partial charge is 0.465 e. The van der Waals surface area contributed by atoms with E-state index in [1.54, 1.807) is 19.1 Å². The maximum atomic E-state index is 11.7. The van der Waals surface area contributed by atoms with Gasteiger partial charge in [0.25, 0.3) is 5.91 Å². The summed E-state index contributed by atoms with van der Waals surface area (Å²) in [6, 6.07) is 3.40. The third-order valence-corrected chi connectivity index (χ3v) is 3.05. The van der Waals surface area contributed by atoms with E-state index in [2.05, 4.69) is 5.32 Å². The molecule has 0 unspecified atom stereocenters. The summed E-state index contributed by atoms with van der Waals surface area (Å²) in [6.07, 6.45) is 0.889. The van der Waals surface area contributed by atoms with Crippen LogP contribution >= 0.6 is 0 Å². The summed E-state index contributed by atoms with van der Waals surface area (Å²) in [7, 11) is 1.32. The third-order valence-electron chi connectivity index (χ3n) is 3.05. The summed E-state index contributed by atoms with van der Waals surface area (Å²) in [5.41, 5.74) is 7.40. The van der Waals surface area contributed by atoms with Gasteiger partial charge in [-0.3, -0.25) is 4.79 Å². The first kappa shape index (κ1) is 15.0. The molecule has 0 aromatic heterocycles. The number of primary amides is 1. The molecule has 5 nitrogen and oxygen atoms in total.